The van der Waals surface area contributed by atoms with Gasteiger partial charge < -0.3 is 9.84 Å². The van der Waals surface area contributed by atoms with E-state index in [1.54, 1.807) is 31.5 Å². The number of rotatable bonds is 3. The Balaban J connectivity index is 2.17. The zero-order chi connectivity index (χ0) is 12.1. The number of aromatic hydroxyl groups is 1. The number of nitrogens with zero attached hydrogens (tertiary/aromatic N) is 1. The minimum atomic E-state index is 0.178. The van der Waals surface area contributed by atoms with Crippen LogP contribution in [0.15, 0.2) is 53.5 Å². The van der Waals surface area contributed by atoms with Gasteiger partial charge in [-0.25, -0.2) is 0 Å². The van der Waals surface area contributed by atoms with Gasteiger partial charge >= 0.3 is 0 Å². The number of methoxy groups -OCH3 is 1. The van der Waals surface area contributed by atoms with E-state index < -0.39 is 0 Å². The van der Waals surface area contributed by atoms with Gasteiger partial charge in [0.15, 0.2) is 0 Å². The number of ether oxygens (including phenoxy) is 1. The van der Waals surface area contributed by atoms with Crippen molar-refractivity contribution in [3.8, 4) is 11.5 Å². The molecule has 3 heteroatoms. The molecule has 0 spiro atoms. The van der Waals surface area contributed by atoms with Crippen LogP contribution in [0.25, 0.3) is 0 Å². The fraction of sp³-hybridized carbons (Fsp3) is 0.0714. The van der Waals surface area contributed by atoms with Gasteiger partial charge in [0.05, 0.1) is 7.11 Å². The van der Waals surface area contributed by atoms with Crippen LogP contribution in [0.3, 0.4) is 0 Å². The smallest absolute Gasteiger partial charge is 0.141 e. The molecule has 0 saturated carbocycles. The predicted octanol–water partition coefficient (Wildman–Crippen LogP) is 3.15. The highest BCUT2D eigenvalue weighted by atomic mass is 16.5. The van der Waals surface area contributed by atoms with Crippen LogP contribution >= 0.6 is 0 Å². The zero-order valence-corrected chi connectivity index (χ0v) is 9.50. The van der Waals surface area contributed by atoms with E-state index in [-0.39, 0.29) is 5.75 Å². The molecule has 0 fully saturated rings. The second-order valence-electron chi connectivity index (χ2n) is 3.52. The third-order valence-corrected chi connectivity index (χ3v) is 2.35. The van der Waals surface area contributed by atoms with Crippen molar-refractivity contribution in [2.24, 2.45) is 4.99 Å². The fourth-order valence-electron chi connectivity index (χ4n) is 1.41. The van der Waals surface area contributed by atoms with Crippen molar-refractivity contribution in [1.82, 2.24) is 0 Å². The molecule has 0 heterocycles. The van der Waals surface area contributed by atoms with E-state index in [9.17, 15) is 5.11 Å². The molecule has 0 atom stereocenters. The summed E-state index contributed by atoms with van der Waals surface area (Å²) in [7, 11) is 1.63. The summed E-state index contributed by atoms with van der Waals surface area (Å²) in [4.78, 5) is 4.22. The molecule has 2 aromatic carbocycles. The Morgan fingerprint density at radius 2 is 1.76 bits per heavy atom. The molecule has 0 aliphatic rings. The average molecular weight is 227 g/mol. The van der Waals surface area contributed by atoms with Crippen LogP contribution < -0.4 is 4.74 Å². The molecule has 0 radical (unpaired) electrons. The molecular weight excluding hydrogens is 214 g/mol. The highest BCUT2D eigenvalue weighted by Crippen LogP contribution is 2.24. The molecule has 0 bridgehead atoms. The van der Waals surface area contributed by atoms with Gasteiger partial charge in [-0.15, -0.1) is 0 Å². The second-order valence-corrected chi connectivity index (χ2v) is 3.52. The molecule has 3 nitrogen and oxygen atoms in total. The maximum absolute atomic E-state index is 9.54. The maximum Gasteiger partial charge on any atom is 0.141 e. The van der Waals surface area contributed by atoms with Gasteiger partial charge in [0, 0.05) is 6.21 Å². The number of phenolic OH excluding ortho intramolecular Hbond substituents is 1. The zero-order valence-electron chi connectivity index (χ0n) is 9.50. The van der Waals surface area contributed by atoms with Crippen LogP contribution in [0.4, 0.5) is 5.69 Å². The summed E-state index contributed by atoms with van der Waals surface area (Å²) in [5.41, 5.74) is 1.51. The molecule has 0 saturated heterocycles. The van der Waals surface area contributed by atoms with Gasteiger partial charge in [-0.05, 0) is 42.0 Å². The normalized spacial score (nSPS) is 10.6. The number of phenols is 1. The number of benzene rings is 2. The molecule has 1 N–H and O–H groups in total. The van der Waals surface area contributed by atoms with Gasteiger partial charge in [0.1, 0.15) is 17.2 Å². The van der Waals surface area contributed by atoms with E-state index in [2.05, 4.69) is 4.99 Å². The maximum atomic E-state index is 9.54. The molecule has 0 aromatic heterocycles. The van der Waals surface area contributed by atoms with Crippen LogP contribution in [0.5, 0.6) is 11.5 Å². The van der Waals surface area contributed by atoms with E-state index in [0.717, 1.165) is 11.3 Å². The lowest BCUT2D eigenvalue weighted by Gasteiger charge is -1.99. The number of aliphatic imine (C=N–C) groups is 1. The largest absolute Gasteiger partial charge is 0.506 e. The Morgan fingerprint density at radius 1 is 1.06 bits per heavy atom. The van der Waals surface area contributed by atoms with Crippen molar-refractivity contribution in [1.29, 1.82) is 0 Å². The van der Waals surface area contributed by atoms with Gasteiger partial charge in [0.25, 0.3) is 0 Å². The fourth-order valence-corrected chi connectivity index (χ4v) is 1.41. The lowest BCUT2D eigenvalue weighted by molar-refractivity contribution is 0.415. The van der Waals surface area contributed by atoms with E-state index in [1.165, 1.54) is 0 Å². The topological polar surface area (TPSA) is 41.8 Å². The van der Waals surface area contributed by atoms with Crippen LogP contribution in [0.2, 0.25) is 0 Å². The first-order valence-corrected chi connectivity index (χ1v) is 5.26. The molecule has 2 aromatic rings. The number of hydrogen-bond acceptors (Lipinski definition) is 3. The van der Waals surface area contributed by atoms with Crippen LogP contribution in [-0.2, 0) is 0 Å². The van der Waals surface area contributed by atoms with Gasteiger partial charge in [0.2, 0.25) is 0 Å². The average Bonchev–Trinajstić information content (AvgIpc) is 2.38. The summed E-state index contributed by atoms with van der Waals surface area (Å²) in [6.07, 6.45) is 1.70. The molecule has 0 unspecified atom stereocenters. The van der Waals surface area contributed by atoms with E-state index in [1.807, 2.05) is 30.3 Å². The predicted molar refractivity (Wildman–Crippen MR) is 68.4 cm³/mol. The lowest BCUT2D eigenvalue weighted by atomic mass is 10.2. The molecule has 2 rings (SSSR count). The van der Waals surface area contributed by atoms with Crippen molar-refractivity contribution in [3.63, 3.8) is 0 Å². The summed E-state index contributed by atoms with van der Waals surface area (Å²) >= 11 is 0. The molecule has 0 aliphatic heterocycles. The first-order chi connectivity index (χ1) is 8.29. The molecular formula is C14H13NO2. The first kappa shape index (κ1) is 11.2. The summed E-state index contributed by atoms with van der Waals surface area (Å²) < 4.78 is 5.07. The third kappa shape index (κ3) is 2.84. The Kier molecular flexibility index (Phi) is 3.40. The summed E-state index contributed by atoms with van der Waals surface area (Å²) in [5.74, 6) is 0.988. The quantitative estimate of drug-likeness (QED) is 0.818. The molecule has 0 aliphatic carbocycles. The summed E-state index contributed by atoms with van der Waals surface area (Å²) in [6, 6.07) is 14.5. The van der Waals surface area contributed by atoms with Crippen LogP contribution in [-0.4, -0.2) is 18.4 Å². The van der Waals surface area contributed by atoms with Crippen LogP contribution in [0.1, 0.15) is 5.56 Å². The minimum absolute atomic E-state index is 0.178. The van der Waals surface area contributed by atoms with Crippen molar-refractivity contribution < 1.29 is 9.84 Å². The minimum Gasteiger partial charge on any atom is -0.506 e. The summed E-state index contributed by atoms with van der Waals surface area (Å²) in [6.45, 7) is 0. The standard InChI is InChI=1S/C14H13NO2/c1-17-12-8-6-11(7-9-12)10-15-13-4-2-3-5-14(13)16/h2-10,16H,1H3. The van der Waals surface area contributed by atoms with Crippen LogP contribution in [0, 0.1) is 0 Å². The van der Waals surface area contributed by atoms with E-state index >= 15 is 0 Å². The van der Waals surface area contributed by atoms with Crippen molar-refractivity contribution in [3.05, 3.63) is 54.1 Å². The monoisotopic (exact) mass is 227 g/mol. The summed E-state index contributed by atoms with van der Waals surface area (Å²) in [5, 5.41) is 9.54. The first-order valence-electron chi connectivity index (χ1n) is 5.26. The van der Waals surface area contributed by atoms with Crippen molar-refractivity contribution >= 4 is 11.9 Å². The Bertz CT molecular complexity index is 518. The highest BCUT2D eigenvalue weighted by molar-refractivity contribution is 5.82. The Labute approximate surface area is 100 Å². The molecule has 17 heavy (non-hydrogen) atoms. The third-order valence-electron chi connectivity index (χ3n) is 2.35. The SMILES string of the molecule is COc1ccc(C=Nc2ccccc2O)cc1. The van der Waals surface area contributed by atoms with Crippen molar-refractivity contribution in [2.45, 2.75) is 0 Å². The number of hydrogen-bond donors (Lipinski definition) is 1. The van der Waals surface area contributed by atoms with E-state index in [0.29, 0.717) is 5.69 Å². The highest BCUT2D eigenvalue weighted by Gasteiger charge is 1.95. The van der Waals surface area contributed by atoms with Gasteiger partial charge in [-0.1, -0.05) is 12.1 Å². The Morgan fingerprint density at radius 3 is 2.41 bits per heavy atom. The lowest BCUT2D eigenvalue weighted by Crippen LogP contribution is -1.84. The van der Waals surface area contributed by atoms with E-state index in [4.69, 9.17) is 4.74 Å². The van der Waals surface area contributed by atoms with Gasteiger partial charge in [-0.3, -0.25) is 4.99 Å². The Hall–Kier alpha value is -2.29. The molecule has 0 amide bonds. The van der Waals surface area contributed by atoms with Gasteiger partial charge in [-0.2, -0.15) is 0 Å². The van der Waals surface area contributed by atoms with Crippen molar-refractivity contribution in [2.75, 3.05) is 7.11 Å². The molecule has 86 valence electrons. The second kappa shape index (κ2) is 5.16. The number of para-hydroxylation sites is 2.